The molecule has 0 radical (unpaired) electrons. The molecule has 1 aliphatic carbocycles. The van der Waals surface area contributed by atoms with E-state index in [0.29, 0.717) is 24.7 Å². The number of sulfonamides is 1. The van der Waals surface area contributed by atoms with Crippen LogP contribution in [-0.2, 0) is 17.1 Å². The second-order valence-electron chi connectivity index (χ2n) is 7.87. The lowest BCUT2D eigenvalue weighted by Gasteiger charge is -2.29. The molecule has 1 aromatic rings. The SMILES string of the molecule is CC1CCCN(S(=O)(=O)c2cc(C(=O)NC3CCC(N)CC3)n(C)c2)C1. The van der Waals surface area contributed by atoms with Gasteiger partial charge in [0.2, 0.25) is 10.0 Å². The van der Waals surface area contributed by atoms with Crippen LogP contribution in [0.5, 0.6) is 0 Å². The van der Waals surface area contributed by atoms with Crippen molar-refractivity contribution in [2.24, 2.45) is 18.7 Å². The molecule has 0 aromatic carbocycles. The summed E-state index contributed by atoms with van der Waals surface area (Å²) in [6.07, 6.45) is 7.03. The maximum Gasteiger partial charge on any atom is 0.268 e. The summed E-state index contributed by atoms with van der Waals surface area (Å²) in [7, 11) is -1.84. The first-order valence-corrected chi connectivity index (χ1v) is 10.9. The minimum Gasteiger partial charge on any atom is -0.348 e. The summed E-state index contributed by atoms with van der Waals surface area (Å²) in [5.41, 5.74) is 6.28. The molecule has 3 N–H and O–H groups in total. The molecule has 1 aromatic heterocycles. The Morgan fingerprint density at radius 1 is 1.23 bits per heavy atom. The first-order valence-electron chi connectivity index (χ1n) is 9.50. The van der Waals surface area contributed by atoms with Gasteiger partial charge < -0.3 is 15.6 Å². The second kappa shape index (κ2) is 7.70. The lowest BCUT2D eigenvalue weighted by Crippen LogP contribution is -2.41. The molecule has 26 heavy (non-hydrogen) atoms. The highest BCUT2D eigenvalue weighted by atomic mass is 32.2. The van der Waals surface area contributed by atoms with Crippen molar-refractivity contribution in [2.45, 2.75) is 62.4 Å². The van der Waals surface area contributed by atoms with Crippen molar-refractivity contribution in [1.82, 2.24) is 14.2 Å². The number of amides is 1. The van der Waals surface area contributed by atoms with E-state index in [1.54, 1.807) is 22.1 Å². The molecule has 2 aliphatic rings. The van der Waals surface area contributed by atoms with E-state index in [9.17, 15) is 13.2 Å². The van der Waals surface area contributed by atoms with Crippen LogP contribution in [0.15, 0.2) is 17.2 Å². The Labute approximate surface area is 156 Å². The summed E-state index contributed by atoms with van der Waals surface area (Å²) >= 11 is 0. The standard InChI is InChI=1S/C18H30N4O3S/c1-13-4-3-9-22(11-13)26(24,25)16-10-17(21(2)12-16)18(23)20-15-7-5-14(19)6-8-15/h10,12-15H,3-9,11,19H2,1-2H3,(H,20,23). The van der Waals surface area contributed by atoms with Gasteiger partial charge >= 0.3 is 0 Å². The van der Waals surface area contributed by atoms with E-state index in [1.807, 2.05) is 0 Å². The number of piperidine rings is 1. The topological polar surface area (TPSA) is 97.4 Å². The maximum atomic E-state index is 12.9. The van der Waals surface area contributed by atoms with Gasteiger partial charge in [-0.3, -0.25) is 4.79 Å². The average Bonchev–Trinajstić information content (AvgIpc) is 3.00. The van der Waals surface area contributed by atoms with Crippen LogP contribution < -0.4 is 11.1 Å². The van der Waals surface area contributed by atoms with Gasteiger partial charge in [-0.25, -0.2) is 8.42 Å². The van der Waals surface area contributed by atoms with E-state index in [0.717, 1.165) is 38.5 Å². The van der Waals surface area contributed by atoms with E-state index in [1.165, 1.54) is 6.07 Å². The molecule has 0 bridgehead atoms. The Kier molecular flexibility index (Phi) is 5.74. The Morgan fingerprint density at radius 2 is 1.92 bits per heavy atom. The smallest absolute Gasteiger partial charge is 0.268 e. The van der Waals surface area contributed by atoms with Crippen LogP contribution in [-0.4, -0.2) is 48.4 Å². The monoisotopic (exact) mass is 382 g/mol. The molecular formula is C18H30N4O3S. The highest BCUT2D eigenvalue weighted by Crippen LogP contribution is 2.25. The largest absolute Gasteiger partial charge is 0.348 e. The number of hydrogen-bond donors (Lipinski definition) is 2. The first kappa shape index (κ1) is 19.4. The van der Waals surface area contributed by atoms with E-state index >= 15 is 0 Å². The first-order chi connectivity index (χ1) is 12.3. The number of nitrogens with one attached hydrogen (secondary N) is 1. The minimum absolute atomic E-state index is 0.111. The van der Waals surface area contributed by atoms with E-state index in [4.69, 9.17) is 5.73 Å². The Balaban J connectivity index is 1.73. The normalized spacial score (nSPS) is 28.0. The summed E-state index contributed by atoms with van der Waals surface area (Å²) in [5, 5.41) is 3.02. The summed E-state index contributed by atoms with van der Waals surface area (Å²) in [4.78, 5) is 12.8. The predicted molar refractivity (Wildman–Crippen MR) is 100 cm³/mol. The number of nitrogens with zero attached hydrogens (tertiary/aromatic N) is 2. The van der Waals surface area contributed by atoms with Gasteiger partial charge in [0.1, 0.15) is 10.6 Å². The molecule has 146 valence electrons. The molecule has 1 aliphatic heterocycles. The van der Waals surface area contributed by atoms with Crippen molar-refractivity contribution in [3.05, 3.63) is 18.0 Å². The molecule has 1 amide bonds. The molecular weight excluding hydrogens is 352 g/mol. The fraction of sp³-hybridized carbons (Fsp3) is 0.722. The van der Waals surface area contributed by atoms with Crippen molar-refractivity contribution in [3.63, 3.8) is 0 Å². The number of rotatable bonds is 4. The molecule has 2 heterocycles. The zero-order valence-corrected chi connectivity index (χ0v) is 16.5. The number of aromatic nitrogens is 1. The third kappa shape index (κ3) is 4.13. The molecule has 1 unspecified atom stereocenters. The Hall–Kier alpha value is -1.38. The zero-order valence-electron chi connectivity index (χ0n) is 15.6. The number of hydrogen-bond acceptors (Lipinski definition) is 4. The van der Waals surface area contributed by atoms with Crippen molar-refractivity contribution < 1.29 is 13.2 Å². The van der Waals surface area contributed by atoms with Gasteiger partial charge in [0.15, 0.2) is 0 Å². The Bertz CT molecular complexity index is 750. The van der Waals surface area contributed by atoms with Crippen molar-refractivity contribution >= 4 is 15.9 Å². The highest BCUT2D eigenvalue weighted by molar-refractivity contribution is 7.89. The molecule has 1 saturated carbocycles. The van der Waals surface area contributed by atoms with Crippen LogP contribution in [0.4, 0.5) is 0 Å². The summed E-state index contributed by atoms with van der Waals surface area (Å²) in [6.45, 7) is 3.16. The second-order valence-corrected chi connectivity index (χ2v) is 9.81. The maximum absolute atomic E-state index is 12.9. The van der Waals surface area contributed by atoms with Gasteiger partial charge in [-0.2, -0.15) is 4.31 Å². The molecule has 1 saturated heterocycles. The molecule has 8 heteroatoms. The van der Waals surface area contributed by atoms with Gasteiger partial charge in [0.05, 0.1) is 0 Å². The minimum atomic E-state index is -3.55. The van der Waals surface area contributed by atoms with Crippen LogP contribution in [0, 0.1) is 5.92 Å². The van der Waals surface area contributed by atoms with Crippen LogP contribution in [0.1, 0.15) is 55.9 Å². The Morgan fingerprint density at radius 3 is 2.58 bits per heavy atom. The van der Waals surface area contributed by atoms with E-state index < -0.39 is 10.0 Å². The fourth-order valence-corrected chi connectivity index (χ4v) is 5.61. The van der Waals surface area contributed by atoms with Gasteiger partial charge in [0, 0.05) is 38.4 Å². The average molecular weight is 383 g/mol. The van der Waals surface area contributed by atoms with Crippen molar-refractivity contribution in [1.29, 1.82) is 0 Å². The number of nitrogens with two attached hydrogens (primary N) is 1. The predicted octanol–water partition coefficient (Wildman–Crippen LogP) is 1.45. The molecule has 1 atom stereocenters. The number of aryl methyl sites for hydroxylation is 1. The summed E-state index contributed by atoms with van der Waals surface area (Å²) in [6, 6.07) is 1.83. The number of carbonyl (C=O) groups excluding carboxylic acids is 1. The van der Waals surface area contributed by atoms with Crippen LogP contribution in [0.2, 0.25) is 0 Å². The van der Waals surface area contributed by atoms with Crippen molar-refractivity contribution in [3.8, 4) is 0 Å². The van der Waals surface area contributed by atoms with Gasteiger partial charge in [0.25, 0.3) is 5.91 Å². The fourth-order valence-electron chi connectivity index (χ4n) is 3.94. The molecule has 0 spiro atoms. The summed E-state index contributed by atoms with van der Waals surface area (Å²) in [5.74, 6) is 0.143. The third-order valence-corrected chi connectivity index (χ3v) is 7.41. The van der Waals surface area contributed by atoms with E-state index in [2.05, 4.69) is 12.2 Å². The summed E-state index contributed by atoms with van der Waals surface area (Å²) < 4.78 is 29.0. The lowest BCUT2D eigenvalue weighted by molar-refractivity contribution is 0.0917. The van der Waals surface area contributed by atoms with Crippen LogP contribution >= 0.6 is 0 Å². The molecule has 2 fully saturated rings. The molecule has 3 rings (SSSR count). The van der Waals surface area contributed by atoms with Gasteiger partial charge in [-0.05, 0) is 50.5 Å². The molecule has 7 nitrogen and oxygen atoms in total. The van der Waals surface area contributed by atoms with Crippen LogP contribution in [0.25, 0.3) is 0 Å². The van der Waals surface area contributed by atoms with Gasteiger partial charge in [-0.15, -0.1) is 0 Å². The van der Waals surface area contributed by atoms with Crippen molar-refractivity contribution in [2.75, 3.05) is 13.1 Å². The van der Waals surface area contributed by atoms with Crippen LogP contribution in [0.3, 0.4) is 0 Å². The quantitative estimate of drug-likeness (QED) is 0.823. The highest BCUT2D eigenvalue weighted by Gasteiger charge is 2.31. The van der Waals surface area contributed by atoms with Gasteiger partial charge in [-0.1, -0.05) is 6.92 Å². The van der Waals surface area contributed by atoms with E-state index in [-0.39, 0.29) is 22.9 Å². The zero-order chi connectivity index (χ0) is 18.9. The third-order valence-electron chi connectivity index (χ3n) is 5.58. The number of carbonyl (C=O) groups is 1. The lowest BCUT2D eigenvalue weighted by atomic mass is 9.92.